The van der Waals surface area contributed by atoms with E-state index >= 15 is 0 Å². The van der Waals surface area contributed by atoms with E-state index in [0.29, 0.717) is 18.8 Å². The Labute approximate surface area is 135 Å². The summed E-state index contributed by atoms with van der Waals surface area (Å²) < 4.78 is 17.9. The minimum absolute atomic E-state index is 0.264. The summed E-state index contributed by atoms with van der Waals surface area (Å²) in [4.78, 5) is 13.9. The van der Waals surface area contributed by atoms with Crippen LogP contribution in [0.2, 0.25) is 0 Å². The molecular weight excluding hydrogens is 298 g/mol. The first kappa shape index (κ1) is 15.7. The number of benzene rings is 1. The Morgan fingerprint density at radius 2 is 1.91 bits per heavy atom. The van der Waals surface area contributed by atoms with Crippen molar-refractivity contribution in [1.29, 1.82) is 0 Å². The molecule has 2 aliphatic heterocycles. The molecule has 1 aromatic carbocycles. The van der Waals surface area contributed by atoms with E-state index in [1.165, 1.54) is 11.1 Å². The number of ether oxygens (including phenoxy) is 1. The van der Waals surface area contributed by atoms with Gasteiger partial charge >= 0.3 is 6.09 Å². The molecule has 3 rings (SSSR count). The van der Waals surface area contributed by atoms with Crippen LogP contribution < -0.4 is 0 Å². The number of hydrogen-bond acceptors (Lipinski definition) is 3. The third-order valence-electron chi connectivity index (χ3n) is 4.45. The molecule has 4 nitrogen and oxygen atoms in total. The predicted octanol–water partition coefficient (Wildman–Crippen LogP) is 3.18. The summed E-state index contributed by atoms with van der Waals surface area (Å²) in [7, 11) is 0. The molecule has 2 heterocycles. The van der Waals surface area contributed by atoms with Gasteiger partial charge in [-0.25, -0.2) is 4.79 Å². The van der Waals surface area contributed by atoms with Crippen molar-refractivity contribution in [3.05, 3.63) is 35.4 Å². The van der Waals surface area contributed by atoms with E-state index in [4.69, 9.17) is 4.74 Å². The van der Waals surface area contributed by atoms with Gasteiger partial charge < -0.3 is 14.2 Å². The van der Waals surface area contributed by atoms with Gasteiger partial charge in [-0.1, -0.05) is 24.3 Å². The van der Waals surface area contributed by atoms with Gasteiger partial charge in [-0.2, -0.15) is 0 Å². The van der Waals surface area contributed by atoms with Crippen molar-refractivity contribution < 1.29 is 14.1 Å². The summed E-state index contributed by atoms with van der Waals surface area (Å²) in [6.45, 7) is 6.83. The van der Waals surface area contributed by atoms with E-state index in [1.54, 1.807) is 4.90 Å². The van der Waals surface area contributed by atoms with E-state index in [0.717, 1.165) is 12.8 Å². The second-order valence-corrected chi connectivity index (χ2v) is 8.87. The Balaban J connectivity index is 1.73. The lowest BCUT2D eigenvalue weighted by molar-refractivity contribution is 0.0193. The maximum absolute atomic E-state index is 12.7. The predicted molar refractivity (Wildman–Crippen MR) is 87.0 cm³/mol. The highest BCUT2D eigenvalue weighted by atomic mass is 32.2. The van der Waals surface area contributed by atoms with Gasteiger partial charge in [0.05, 0.1) is 0 Å². The Morgan fingerprint density at radius 3 is 2.55 bits per heavy atom. The van der Waals surface area contributed by atoms with Crippen molar-refractivity contribution in [1.82, 2.24) is 4.90 Å². The molecule has 1 amide bonds. The zero-order chi connectivity index (χ0) is 16.0. The second-order valence-electron chi connectivity index (χ2n) is 7.11. The zero-order valence-corrected chi connectivity index (χ0v) is 14.2. The molecule has 1 spiro atoms. The molecule has 0 aliphatic carbocycles. The third kappa shape index (κ3) is 2.72. The van der Waals surface area contributed by atoms with Gasteiger partial charge in [0.2, 0.25) is 0 Å². The lowest BCUT2D eigenvalue weighted by atomic mass is 9.86. The molecule has 2 aliphatic rings. The maximum atomic E-state index is 12.7. The first-order valence-electron chi connectivity index (χ1n) is 7.77. The lowest BCUT2D eigenvalue weighted by Crippen LogP contribution is -2.48. The van der Waals surface area contributed by atoms with Gasteiger partial charge in [0.1, 0.15) is 11.4 Å². The number of piperidine rings is 1. The van der Waals surface area contributed by atoms with Crippen LogP contribution in [0.25, 0.3) is 0 Å². The average Bonchev–Trinajstić information content (AvgIpc) is 2.71. The molecule has 0 aromatic heterocycles. The van der Waals surface area contributed by atoms with Crippen LogP contribution in [-0.2, 0) is 26.4 Å². The number of fused-ring (bicyclic) bond motifs is 2. The molecule has 120 valence electrons. The third-order valence-corrected chi connectivity index (χ3v) is 6.53. The quantitative estimate of drug-likeness (QED) is 0.690. The first-order chi connectivity index (χ1) is 10.3. The van der Waals surface area contributed by atoms with Gasteiger partial charge in [-0.05, 0) is 31.9 Å². The van der Waals surface area contributed by atoms with E-state index in [2.05, 4.69) is 12.1 Å². The number of amides is 1. The highest BCUT2D eigenvalue weighted by Crippen LogP contribution is 2.48. The second kappa shape index (κ2) is 5.46. The Bertz CT molecular complexity index is 574. The maximum Gasteiger partial charge on any atom is 0.410 e. The van der Waals surface area contributed by atoms with Crippen LogP contribution in [0.3, 0.4) is 0 Å². The SMILES string of the molecule is CC(C)(C)OC(=O)N1CCC2(CC1)c1ccccc1C[S@+]2[O-]. The number of likely N-dealkylation sites (tertiary alicyclic amines) is 1. The average molecular weight is 321 g/mol. The van der Waals surface area contributed by atoms with E-state index in [-0.39, 0.29) is 10.8 Å². The van der Waals surface area contributed by atoms with Crippen molar-refractivity contribution in [2.75, 3.05) is 13.1 Å². The van der Waals surface area contributed by atoms with Crippen LogP contribution in [0.4, 0.5) is 4.79 Å². The topological polar surface area (TPSA) is 52.6 Å². The molecule has 1 aromatic rings. The van der Waals surface area contributed by atoms with Crippen molar-refractivity contribution in [2.45, 2.75) is 49.7 Å². The van der Waals surface area contributed by atoms with Crippen LogP contribution in [0.5, 0.6) is 0 Å². The zero-order valence-electron chi connectivity index (χ0n) is 13.4. The molecule has 0 saturated carbocycles. The van der Waals surface area contributed by atoms with E-state index in [9.17, 15) is 9.35 Å². The number of carbonyl (C=O) groups excluding carboxylic acids is 1. The van der Waals surface area contributed by atoms with Gasteiger partial charge in [0.15, 0.2) is 4.75 Å². The van der Waals surface area contributed by atoms with E-state index < -0.39 is 16.8 Å². The summed E-state index contributed by atoms with van der Waals surface area (Å²) in [5.74, 6) is 0.641. The summed E-state index contributed by atoms with van der Waals surface area (Å²) in [5, 5.41) is 0. The molecule has 5 heteroatoms. The summed E-state index contributed by atoms with van der Waals surface area (Å²) >= 11 is -0.890. The Kier molecular flexibility index (Phi) is 3.89. The summed E-state index contributed by atoms with van der Waals surface area (Å²) in [5.41, 5.74) is 1.94. The van der Waals surface area contributed by atoms with Crippen molar-refractivity contribution in [2.24, 2.45) is 0 Å². The molecule has 1 fully saturated rings. The van der Waals surface area contributed by atoms with Gasteiger partial charge in [-0.15, -0.1) is 0 Å². The van der Waals surface area contributed by atoms with Gasteiger partial charge in [-0.3, -0.25) is 0 Å². The van der Waals surface area contributed by atoms with Crippen LogP contribution in [-0.4, -0.2) is 34.2 Å². The summed E-state index contributed by atoms with van der Waals surface area (Å²) in [6.07, 6.45) is 1.23. The van der Waals surface area contributed by atoms with E-state index in [1.807, 2.05) is 32.9 Å². The van der Waals surface area contributed by atoms with Crippen LogP contribution in [0, 0.1) is 0 Å². The Morgan fingerprint density at radius 1 is 1.27 bits per heavy atom. The monoisotopic (exact) mass is 321 g/mol. The fourth-order valence-corrected chi connectivity index (χ4v) is 5.26. The molecule has 1 saturated heterocycles. The normalized spacial score (nSPS) is 23.5. The van der Waals surface area contributed by atoms with Crippen LogP contribution >= 0.6 is 0 Å². The highest BCUT2D eigenvalue weighted by Gasteiger charge is 2.52. The van der Waals surface area contributed by atoms with Crippen molar-refractivity contribution >= 4 is 17.3 Å². The molecule has 0 bridgehead atoms. The summed E-state index contributed by atoms with van der Waals surface area (Å²) in [6, 6.07) is 8.19. The van der Waals surface area contributed by atoms with Crippen LogP contribution in [0.1, 0.15) is 44.7 Å². The molecule has 0 N–H and O–H groups in total. The molecule has 0 unspecified atom stereocenters. The fourth-order valence-electron chi connectivity index (χ4n) is 3.37. The fraction of sp³-hybridized carbons (Fsp3) is 0.588. The molecular formula is C17H23NO3S. The van der Waals surface area contributed by atoms with Crippen LogP contribution in [0.15, 0.2) is 24.3 Å². The van der Waals surface area contributed by atoms with Gasteiger partial charge in [0, 0.05) is 37.1 Å². The molecule has 1 atom stereocenters. The smallest absolute Gasteiger partial charge is 0.410 e. The van der Waals surface area contributed by atoms with Gasteiger partial charge in [0.25, 0.3) is 0 Å². The Hall–Kier alpha value is -1.20. The van der Waals surface area contributed by atoms with Crippen molar-refractivity contribution in [3.63, 3.8) is 0 Å². The molecule has 22 heavy (non-hydrogen) atoms. The number of nitrogens with zero attached hydrogens (tertiary/aromatic N) is 1. The van der Waals surface area contributed by atoms with Crippen molar-refractivity contribution in [3.8, 4) is 0 Å². The first-order valence-corrected chi connectivity index (χ1v) is 9.08. The number of carbonyl (C=O) groups is 1. The number of hydrogen-bond donors (Lipinski definition) is 0. The standard InChI is InChI=1S/C17H23NO3S/c1-16(2,3)21-15(19)18-10-8-17(9-11-18)14-7-5-4-6-13(14)12-22(17)20/h4-7H,8-12H2,1-3H3/t22-/m0/s1. The lowest BCUT2D eigenvalue weighted by Gasteiger charge is -2.39. The minimum atomic E-state index is -0.890. The molecule has 0 radical (unpaired) electrons. The largest absolute Gasteiger partial charge is 0.615 e. The highest BCUT2D eigenvalue weighted by molar-refractivity contribution is 7.92. The minimum Gasteiger partial charge on any atom is -0.615 e. The number of rotatable bonds is 0.